The lowest BCUT2D eigenvalue weighted by Gasteiger charge is -2.32. The Hall–Kier alpha value is -5.70. The van der Waals surface area contributed by atoms with Gasteiger partial charge < -0.3 is 20.4 Å². The number of likely N-dealkylation sites (tertiary alicyclic amines) is 1. The molecule has 1 atom stereocenters. The van der Waals surface area contributed by atoms with Gasteiger partial charge in [-0.2, -0.15) is 0 Å². The summed E-state index contributed by atoms with van der Waals surface area (Å²) in [5, 5.41) is 10.9. The quantitative estimate of drug-likeness (QED) is 0.0772. The van der Waals surface area contributed by atoms with Crippen molar-refractivity contribution >= 4 is 56.5 Å². The zero-order valence-electron chi connectivity index (χ0n) is 33.9. The second kappa shape index (κ2) is 16.4. The van der Waals surface area contributed by atoms with Gasteiger partial charge in [0.05, 0.1) is 6.04 Å². The van der Waals surface area contributed by atoms with Crippen LogP contribution in [0.5, 0.6) is 0 Å². The van der Waals surface area contributed by atoms with Gasteiger partial charge in [-0.3, -0.25) is 24.1 Å². The molecule has 4 amide bonds. The second-order valence-electron chi connectivity index (χ2n) is 16.6. The van der Waals surface area contributed by atoms with Gasteiger partial charge in [0.25, 0.3) is 0 Å². The predicted molar refractivity (Wildman–Crippen MR) is 230 cm³/mol. The summed E-state index contributed by atoms with van der Waals surface area (Å²) in [6, 6.07) is 26.2. The monoisotopic (exact) mass is 765 g/mol. The third-order valence-electron chi connectivity index (χ3n) is 12.1. The van der Waals surface area contributed by atoms with E-state index in [2.05, 4.69) is 158 Å². The average molecular weight is 766 g/mol. The number of carbonyl (C=O) groups excluding carboxylic acids is 4. The third-order valence-corrected chi connectivity index (χ3v) is 12.1. The summed E-state index contributed by atoms with van der Waals surface area (Å²) in [7, 11) is 2.16. The molecule has 7 rings (SSSR count). The van der Waals surface area contributed by atoms with Crippen LogP contribution in [0.2, 0.25) is 0 Å². The first-order valence-electron chi connectivity index (χ1n) is 20.4. The minimum atomic E-state index is -0.215. The van der Waals surface area contributed by atoms with Crippen LogP contribution in [-0.2, 0) is 30.0 Å². The first-order valence-corrected chi connectivity index (χ1v) is 20.4. The molecule has 296 valence electrons. The molecule has 0 aliphatic carbocycles. The lowest BCUT2D eigenvalue weighted by molar-refractivity contribution is -0.138. The highest BCUT2D eigenvalue weighted by atomic mass is 16.2. The Morgan fingerprint density at radius 1 is 0.702 bits per heavy atom. The summed E-state index contributed by atoms with van der Waals surface area (Å²) in [4.78, 5) is 54.6. The van der Waals surface area contributed by atoms with Gasteiger partial charge in [-0.05, 0) is 63.7 Å². The van der Waals surface area contributed by atoms with Gasteiger partial charge >= 0.3 is 0 Å². The maximum atomic E-state index is 12.9. The Labute approximate surface area is 336 Å². The molecule has 0 radical (unpaired) electrons. The number of likely N-dealkylation sites (N-methyl/N-ethyl adjacent to an activating group) is 1. The molecule has 0 aromatic heterocycles. The summed E-state index contributed by atoms with van der Waals surface area (Å²) < 4.78 is 0. The number of imide groups is 1. The number of nitrogens with one attached hydrogen (secondary N) is 2. The van der Waals surface area contributed by atoms with Crippen LogP contribution in [0.1, 0.15) is 77.3 Å². The zero-order valence-corrected chi connectivity index (χ0v) is 33.9. The van der Waals surface area contributed by atoms with Crippen LogP contribution in [0.15, 0.2) is 109 Å². The number of carbonyl (C=O) groups is 4. The van der Waals surface area contributed by atoms with Crippen molar-refractivity contribution in [2.24, 2.45) is 0 Å². The molecule has 0 bridgehead atoms. The molecule has 3 aliphatic rings. The minimum Gasteiger partial charge on any atom is -0.364 e. The lowest BCUT2D eigenvalue weighted by Crippen LogP contribution is -2.40. The van der Waals surface area contributed by atoms with E-state index in [1.54, 1.807) is 0 Å². The molecule has 0 spiro atoms. The van der Waals surface area contributed by atoms with Gasteiger partial charge in [0.1, 0.15) is 0 Å². The highest BCUT2D eigenvalue weighted by Crippen LogP contribution is 2.51. The maximum absolute atomic E-state index is 12.9. The third kappa shape index (κ3) is 7.85. The number of benzene rings is 4. The van der Waals surface area contributed by atoms with Crippen molar-refractivity contribution in [2.45, 2.75) is 83.1 Å². The van der Waals surface area contributed by atoms with Gasteiger partial charge in [-0.15, -0.1) is 0 Å². The van der Waals surface area contributed by atoms with Gasteiger partial charge in [-0.1, -0.05) is 113 Å². The maximum Gasteiger partial charge on any atom is 0.229 e. The van der Waals surface area contributed by atoms with E-state index in [-0.39, 0.29) is 66.3 Å². The van der Waals surface area contributed by atoms with E-state index in [0.717, 1.165) is 11.4 Å². The lowest BCUT2D eigenvalue weighted by atomic mass is 9.78. The van der Waals surface area contributed by atoms with E-state index in [9.17, 15) is 19.2 Å². The molecular weight excluding hydrogens is 711 g/mol. The fraction of sp³-hybridized carbons (Fsp3) is 0.375. The van der Waals surface area contributed by atoms with Crippen LogP contribution in [0.4, 0.5) is 11.4 Å². The highest BCUT2D eigenvalue weighted by Gasteiger charge is 2.44. The topological polar surface area (TPSA) is 102 Å². The molecule has 9 heteroatoms. The second-order valence-corrected chi connectivity index (χ2v) is 16.6. The molecular formula is C48H55N5O4. The molecule has 3 aliphatic heterocycles. The molecule has 0 saturated carbocycles. The van der Waals surface area contributed by atoms with Crippen LogP contribution in [0.25, 0.3) is 21.5 Å². The molecule has 1 unspecified atom stereocenters. The van der Waals surface area contributed by atoms with E-state index in [4.69, 9.17) is 0 Å². The Morgan fingerprint density at radius 2 is 1.30 bits per heavy atom. The van der Waals surface area contributed by atoms with Crippen molar-refractivity contribution in [1.82, 2.24) is 15.5 Å². The fourth-order valence-corrected chi connectivity index (χ4v) is 9.26. The Morgan fingerprint density at radius 3 is 1.96 bits per heavy atom. The summed E-state index contributed by atoms with van der Waals surface area (Å²) in [5.41, 5.74) is 6.11. The van der Waals surface area contributed by atoms with Crippen molar-refractivity contribution in [3.05, 3.63) is 120 Å². The number of nitrogens with zero attached hydrogens (tertiary/aromatic N) is 3. The van der Waals surface area contributed by atoms with E-state index < -0.39 is 0 Å². The zero-order chi connectivity index (χ0) is 40.3. The Bertz CT molecular complexity index is 2290. The summed E-state index contributed by atoms with van der Waals surface area (Å²) >= 11 is 0. The van der Waals surface area contributed by atoms with Crippen molar-refractivity contribution < 1.29 is 19.2 Å². The van der Waals surface area contributed by atoms with Gasteiger partial charge in [0, 0.05) is 86.8 Å². The number of hydrogen-bond acceptors (Lipinski definition) is 6. The largest absolute Gasteiger partial charge is 0.364 e. The average Bonchev–Trinajstić information content (AvgIpc) is 3.71. The van der Waals surface area contributed by atoms with E-state index in [1.807, 2.05) is 0 Å². The van der Waals surface area contributed by atoms with Crippen LogP contribution < -0.4 is 20.4 Å². The standard InChI is InChI=1S/C48H55N5O4/c1-47(2)39(51(5)37-24-22-33-15-9-11-17-35(33)45(37)47)19-7-6-8-20-40-48(3,4)46-36-18-12-10-16-34(36)23-25-38(46)52(40)31-13-21-41(54)49-29-14-30-50-42(55)28-32-53-43(56)26-27-44(53)57/h6-12,15-20,22-25,40H,13-14,21,26-32H2,1-5H3,(H,49,54)(H,50,55)/b7-6+,20-8+,39-19+. The van der Waals surface area contributed by atoms with E-state index >= 15 is 0 Å². The van der Waals surface area contributed by atoms with Crippen LogP contribution >= 0.6 is 0 Å². The van der Waals surface area contributed by atoms with Gasteiger partial charge in [0.2, 0.25) is 23.6 Å². The number of allylic oxidation sites excluding steroid dienone is 5. The molecule has 57 heavy (non-hydrogen) atoms. The van der Waals surface area contributed by atoms with Gasteiger partial charge in [0.15, 0.2) is 0 Å². The van der Waals surface area contributed by atoms with E-state index in [0.29, 0.717) is 32.4 Å². The molecule has 9 nitrogen and oxygen atoms in total. The number of hydrogen-bond donors (Lipinski definition) is 2. The molecule has 4 aromatic carbocycles. The Kier molecular flexibility index (Phi) is 11.4. The SMILES string of the molecule is CN1/C(=C/C=C/C=C/C2N(CCCC(=O)NCCCNC(=O)CCN3C(=O)CCC3=O)c3ccc4ccccc4c3C2(C)C)C(C)(C)c2c1ccc1ccccc21. The molecule has 4 aromatic rings. The van der Waals surface area contributed by atoms with Crippen LogP contribution in [-0.4, -0.2) is 67.8 Å². The van der Waals surface area contributed by atoms with Crippen LogP contribution in [0.3, 0.4) is 0 Å². The molecule has 3 heterocycles. The number of fused-ring (bicyclic) bond motifs is 6. The Balaban J connectivity index is 0.972. The normalized spacial score (nSPS) is 19.1. The number of amides is 4. The number of anilines is 2. The van der Waals surface area contributed by atoms with Crippen molar-refractivity contribution in [2.75, 3.05) is 43.0 Å². The smallest absolute Gasteiger partial charge is 0.229 e. The summed E-state index contributed by atoms with van der Waals surface area (Å²) in [6.45, 7) is 11.0. The number of rotatable bonds is 14. The molecule has 1 fully saturated rings. The summed E-state index contributed by atoms with van der Waals surface area (Å²) in [5.74, 6) is -0.653. The molecule has 2 N–H and O–H groups in total. The fourth-order valence-electron chi connectivity index (χ4n) is 9.26. The first-order chi connectivity index (χ1) is 27.4. The van der Waals surface area contributed by atoms with Crippen LogP contribution in [0, 0.1) is 0 Å². The highest BCUT2D eigenvalue weighted by molar-refractivity contribution is 6.02. The van der Waals surface area contributed by atoms with Crippen molar-refractivity contribution in [1.29, 1.82) is 0 Å². The predicted octanol–water partition coefficient (Wildman–Crippen LogP) is 7.82. The van der Waals surface area contributed by atoms with E-state index in [1.165, 1.54) is 49.7 Å². The summed E-state index contributed by atoms with van der Waals surface area (Å²) in [6.07, 6.45) is 13.2. The van der Waals surface area contributed by atoms with Crippen molar-refractivity contribution in [3.8, 4) is 0 Å². The van der Waals surface area contributed by atoms with Gasteiger partial charge in [-0.25, -0.2) is 0 Å². The van der Waals surface area contributed by atoms with Crippen molar-refractivity contribution in [3.63, 3.8) is 0 Å². The molecule has 1 saturated heterocycles. The minimum absolute atomic E-state index is 0.0115. The first kappa shape index (κ1) is 39.5.